The summed E-state index contributed by atoms with van der Waals surface area (Å²) in [6.07, 6.45) is 0. The van der Waals surface area contributed by atoms with E-state index in [1.807, 2.05) is 42.5 Å². The zero-order valence-electron chi connectivity index (χ0n) is 12.5. The minimum absolute atomic E-state index is 0.408. The van der Waals surface area contributed by atoms with E-state index in [1.165, 1.54) is 5.56 Å². The van der Waals surface area contributed by atoms with Crippen molar-refractivity contribution in [3.8, 4) is 11.3 Å². The molecule has 0 saturated carbocycles. The van der Waals surface area contributed by atoms with Gasteiger partial charge in [-0.1, -0.05) is 41.9 Å². The van der Waals surface area contributed by atoms with Gasteiger partial charge in [0.05, 0.1) is 0 Å². The number of nitrogens with two attached hydrogens (primary N) is 1. The second-order valence-electron chi connectivity index (χ2n) is 5.41. The first-order valence-electron chi connectivity index (χ1n) is 7.45. The van der Waals surface area contributed by atoms with E-state index in [1.54, 1.807) is 0 Å². The van der Waals surface area contributed by atoms with Gasteiger partial charge in [-0.3, -0.25) is 0 Å². The van der Waals surface area contributed by atoms with Crippen LogP contribution in [0, 0.1) is 0 Å². The van der Waals surface area contributed by atoms with E-state index in [9.17, 15) is 0 Å². The molecule has 1 aromatic heterocycles. The average molecular weight is 313 g/mol. The Morgan fingerprint density at radius 2 is 1.68 bits per heavy atom. The maximum absolute atomic E-state index is 5.92. The first-order chi connectivity index (χ1) is 10.7. The van der Waals surface area contributed by atoms with Gasteiger partial charge in [0.2, 0.25) is 0 Å². The van der Waals surface area contributed by atoms with Crippen molar-refractivity contribution >= 4 is 11.6 Å². The molecule has 3 aromatic rings. The summed E-state index contributed by atoms with van der Waals surface area (Å²) in [5.74, 6) is 1.86. The van der Waals surface area contributed by atoms with Gasteiger partial charge in [0.1, 0.15) is 18.3 Å². The average Bonchev–Trinajstić information content (AvgIpc) is 3.03. The third kappa shape index (κ3) is 3.59. The van der Waals surface area contributed by atoms with Gasteiger partial charge in [-0.05, 0) is 43.3 Å². The topological polar surface area (TPSA) is 29.8 Å². The zero-order valence-corrected chi connectivity index (χ0v) is 13.3. The van der Waals surface area contributed by atoms with E-state index in [4.69, 9.17) is 16.0 Å². The van der Waals surface area contributed by atoms with Crippen molar-refractivity contribution in [1.29, 1.82) is 0 Å². The molecule has 0 aliphatic heterocycles. The van der Waals surface area contributed by atoms with Crippen molar-refractivity contribution in [1.82, 2.24) is 0 Å². The van der Waals surface area contributed by atoms with E-state index < -0.39 is 0 Å². The van der Waals surface area contributed by atoms with E-state index >= 15 is 0 Å². The minimum atomic E-state index is 0.408. The molecule has 1 atom stereocenters. The first-order valence-corrected chi connectivity index (χ1v) is 7.83. The molecule has 1 heterocycles. The second-order valence-corrected chi connectivity index (χ2v) is 5.85. The normalized spacial score (nSPS) is 12.3. The van der Waals surface area contributed by atoms with Crippen molar-refractivity contribution in [2.24, 2.45) is 0 Å². The fourth-order valence-corrected chi connectivity index (χ4v) is 2.57. The molecule has 112 valence electrons. The Morgan fingerprint density at radius 1 is 0.955 bits per heavy atom. The lowest BCUT2D eigenvalue weighted by atomic mass is 10.1. The standard InChI is InChI=1S/C19H18ClNO/c1-14(15-5-3-2-4-6-15)21-13-18-11-12-19(22-18)16-7-9-17(20)10-8-16/h2-12,14,21H,13H2,1H3/p+1/t14-/m1/s1. The number of quaternary nitrogens is 1. The van der Waals surface area contributed by atoms with E-state index in [2.05, 4.69) is 36.5 Å². The molecule has 0 spiro atoms. The highest BCUT2D eigenvalue weighted by Gasteiger charge is 2.10. The fourth-order valence-electron chi connectivity index (χ4n) is 2.44. The summed E-state index contributed by atoms with van der Waals surface area (Å²) in [4.78, 5) is 0. The van der Waals surface area contributed by atoms with Crippen molar-refractivity contribution in [2.75, 3.05) is 0 Å². The lowest BCUT2D eigenvalue weighted by Crippen LogP contribution is -2.82. The van der Waals surface area contributed by atoms with Crippen LogP contribution in [0.25, 0.3) is 11.3 Å². The highest BCUT2D eigenvalue weighted by Crippen LogP contribution is 2.23. The van der Waals surface area contributed by atoms with Gasteiger partial charge in [0.15, 0.2) is 5.76 Å². The third-order valence-electron chi connectivity index (χ3n) is 3.79. The summed E-state index contributed by atoms with van der Waals surface area (Å²) in [5, 5.41) is 3.01. The van der Waals surface area contributed by atoms with Gasteiger partial charge >= 0.3 is 0 Å². The molecule has 0 aliphatic rings. The van der Waals surface area contributed by atoms with Crippen LogP contribution in [0.2, 0.25) is 5.02 Å². The van der Waals surface area contributed by atoms with E-state index in [0.29, 0.717) is 6.04 Å². The molecule has 3 rings (SSSR count). The molecule has 0 fully saturated rings. The van der Waals surface area contributed by atoms with Crippen molar-refractivity contribution < 1.29 is 9.73 Å². The minimum Gasteiger partial charge on any atom is -0.455 e. The quantitative estimate of drug-likeness (QED) is 0.742. The van der Waals surface area contributed by atoms with Crippen LogP contribution < -0.4 is 5.32 Å². The Morgan fingerprint density at radius 3 is 2.41 bits per heavy atom. The van der Waals surface area contributed by atoms with Gasteiger partial charge in [-0.15, -0.1) is 0 Å². The van der Waals surface area contributed by atoms with Gasteiger partial charge in [0, 0.05) is 16.1 Å². The van der Waals surface area contributed by atoms with Crippen LogP contribution in [0.5, 0.6) is 0 Å². The fraction of sp³-hybridized carbons (Fsp3) is 0.158. The van der Waals surface area contributed by atoms with Gasteiger partial charge in [-0.25, -0.2) is 0 Å². The zero-order chi connectivity index (χ0) is 15.4. The number of hydrogen-bond donors (Lipinski definition) is 1. The number of halogens is 1. The van der Waals surface area contributed by atoms with E-state index in [-0.39, 0.29) is 0 Å². The molecule has 2 nitrogen and oxygen atoms in total. The lowest BCUT2D eigenvalue weighted by Gasteiger charge is -2.09. The van der Waals surface area contributed by atoms with Crippen molar-refractivity contribution in [3.05, 3.63) is 83.1 Å². The third-order valence-corrected chi connectivity index (χ3v) is 4.04. The molecule has 2 aromatic carbocycles. The number of rotatable bonds is 5. The van der Waals surface area contributed by atoms with Gasteiger partial charge in [-0.2, -0.15) is 0 Å². The Balaban J connectivity index is 1.63. The monoisotopic (exact) mass is 312 g/mol. The maximum Gasteiger partial charge on any atom is 0.158 e. The predicted octanol–water partition coefficient (Wildman–Crippen LogP) is 4.42. The van der Waals surface area contributed by atoms with Crippen molar-refractivity contribution in [2.45, 2.75) is 19.5 Å². The Kier molecular flexibility index (Phi) is 4.62. The summed E-state index contributed by atoms with van der Waals surface area (Å²) in [5.41, 5.74) is 2.37. The summed E-state index contributed by atoms with van der Waals surface area (Å²) in [6.45, 7) is 3.03. The largest absolute Gasteiger partial charge is 0.455 e. The number of hydrogen-bond acceptors (Lipinski definition) is 1. The summed E-state index contributed by atoms with van der Waals surface area (Å²) < 4.78 is 5.92. The van der Waals surface area contributed by atoms with Crippen LogP contribution in [-0.2, 0) is 6.54 Å². The molecule has 3 heteroatoms. The molecular formula is C19H19ClNO+. The summed E-state index contributed by atoms with van der Waals surface area (Å²) in [7, 11) is 0. The second kappa shape index (κ2) is 6.82. The molecule has 2 N–H and O–H groups in total. The smallest absolute Gasteiger partial charge is 0.158 e. The van der Waals surface area contributed by atoms with Gasteiger partial charge in [0.25, 0.3) is 0 Å². The molecule has 0 unspecified atom stereocenters. The molecule has 0 saturated heterocycles. The van der Waals surface area contributed by atoms with Crippen LogP contribution in [0.1, 0.15) is 24.3 Å². The number of benzene rings is 2. The maximum atomic E-state index is 5.92. The number of furan rings is 1. The molecular weight excluding hydrogens is 294 g/mol. The van der Waals surface area contributed by atoms with Crippen LogP contribution in [0.4, 0.5) is 0 Å². The predicted molar refractivity (Wildman–Crippen MR) is 89.6 cm³/mol. The highest BCUT2D eigenvalue weighted by atomic mass is 35.5. The van der Waals surface area contributed by atoms with Crippen LogP contribution >= 0.6 is 11.6 Å². The Labute approximate surface area is 135 Å². The SMILES string of the molecule is C[C@@H]([NH2+]Cc1ccc(-c2ccc(Cl)cc2)o1)c1ccccc1. The molecule has 0 bridgehead atoms. The Hall–Kier alpha value is -2.03. The molecule has 0 amide bonds. The summed E-state index contributed by atoms with van der Waals surface area (Å²) in [6, 6.07) is 22.7. The van der Waals surface area contributed by atoms with Crippen molar-refractivity contribution in [3.63, 3.8) is 0 Å². The highest BCUT2D eigenvalue weighted by molar-refractivity contribution is 6.30. The molecule has 0 aliphatic carbocycles. The van der Waals surface area contributed by atoms with Gasteiger partial charge < -0.3 is 9.73 Å². The van der Waals surface area contributed by atoms with Crippen LogP contribution in [-0.4, -0.2) is 0 Å². The first kappa shape index (κ1) is 14.9. The Bertz CT molecular complexity index is 719. The molecule has 0 radical (unpaired) electrons. The molecule has 22 heavy (non-hydrogen) atoms. The summed E-state index contributed by atoms with van der Waals surface area (Å²) >= 11 is 5.91. The van der Waals surface area contributed by atoms with E-state index in [0.717, 1.165) is 28.7 Å². The van der Waals surface area contributed by atoms with Crippen LogP contribution in [0.15, 0.2) is 71.1 Å². The lowest BCUT2D eigenvalue weighted by molar-refractivity contribution is -0.709. The van der Waals surface area contributed by atoms with Crippen LogP contribution in [0.3, 0.4) is 0 Å².